The molecular formula is C9H12N2OS. The molecule has 3 nitrogen and oxygen atoms in total. The first-order valence-corrected chi connectivity index (χ1v) is 5.21. The van der Waals surface area contributed by atoms with Gasteiger partial charge in [-0.05, 0) is 12.1 Å². The van der Waals surface area contributed by atoms with Gasteiger partial charge in [-0.15, -0.1) is 0 Å². The second kappa shape index (κ2) is 4.09. The Morgan fingerprint density at radius 2 is 2.38 bits per heavy atom. The van der Waals surface area contributed by atoms with Crippen LogP contribution in [-0.4, -0.2) is 34.5 Å². The number of hydrogen-bond donors (Lipinski definition) is 2. The number of nitrogens with zero attached hydrogens (tertiary/aromatic N) is 1. The fraction of sp³-hybridized carbons (Fsp3) is 0.444. The quantitative estimate of drug-likeness (QED) is 0.723. The highest BCUT2D eigenvalue weighted by Gasteiger charge is 2.25. The van der Waals surface area contributed by atoms with Crippen molar-refractivity contribution in [2.45, 2.75) is 16.4 Å². The lowest BCUT2D eigenvalue weighted by Gasteiger charge is -2.11. The summed E-state index contributed by atoms with van der Waals surface area (Å²) < 4.78 is 0. The van der Waals surface area contributed by atoms with E-state index in [9.17, 15) is 5.11 Å². The first kappa shape index (κ1) is 8.99. The maximum atomic E-state index is 9.54. The molecule has 4 heteroatoms. The molecule has 2 atom stereocenters. The van der Waals surface area contributed by atoms with Crippen LogP contribution in [0.1, 0.15) is 0 Å². The Hall–Kier alpha value is -0.580. The molecule has 1 saturated heterocycles. The Morgan fingerprint density at radius 3 is 3.00 bits per heavy atom. The van der Waals surface area contributed by atoms with Crippen molar-refractivity contribution in [2.24, 2.45) is 0 Å². The largest absolute Gasteiger partial charge is 0.391 e. The van der Waals surface area contributed by atoms with Gasteiger partial charge in [0, 0.05) is 19.3 Å². The molecule has 0 aromatic carbocycles. The smallest absolute Gasteiger partial charge is 0.0963 e. The minimum absolute atomic E-state index is 0.244. The third-order valence-corrected chi connectivity index (χ3v) is 3.30. The van der Waals surface area contributed by atoms with Crippen LogP contribution in [0.2, 0.25) is 0 Å². The molecular weight excluding hydrogens is 184 g/mol. The number of rotatable bonds is 2. The van der Waals surface area contributed by atoms with Crippen LogP contribution < -0.4 is 5.32 Å². The van der Waals surface area contributed by atoms with Gasteiger partial charge in [0.15, 0.2) is 0 Å². The van der Waals surface area contributed by atoms with E-state index < -0.39 is 0 Å². The Bertz CT molecular complexity index is 268. The highest BCUT2D eigenvalue weighted by Crippen LogP contribution is 2.24. The lowest BCUT2D eigenvalue weighted by Crippen LogP contribution is -2.19. The maximum Gasteiger partial charge on any atom is 0.0963 e. The topological polar surface area (TPSA) is 45.1 Å². The minimum atomic E-state index is -0.244. The summed E-state index contributed by atoms with van der Waals surface area (Å²) in [7, 11) is 0. The summed E-state index contributed by atoms with van der Waals surface area (Å²) in [6.07, 6.45) is 1.53. The van der Waals surface area contributed by atoms with E-state index in [1.54, 1.807) is 18.0 Å². The molecule has 2 heterocycles. The molecule has 2 rings (SSSR count). The molecule has 70 valence electrons. The van der Waals surface area contributed by atoms with Gasteiger partial charge >= 0.3 is 0 Å². The van der Waals surface area contributed by atoms with Crippen molar-refractivity contribution >= 4 is 11.8 Å². The summed E-state index contributed by atoms with van der Waals surface area (Å²) >= 11 is 1.64. The highest BCUT2D eigenvalue weighted by molar-refractivity contribution is 8.00. The molecule has 0 spiro atoms. The van der Waals surface area contributed by atoms with Crippen LogP contribution in [0.3, 0.4) is 0 Å². The zero-order chi connectivity index (χ0) is 9.10. The normalized spacial score (nSPS) is 27.8. The van der Waals surface area contributed by atoms with Gasteiger partial charge in [0.1, 0.15) is 0 Å². The van der Waals surface area contributed by atoms with Gasteiger partial charge in [-0.3, -0.25) is 0 Å². The summed E-state index contributed by atoms with van der Waals surface area (Å²) in [4.78, 5) is 4.20. The third-order valence-electron chi connectivity index (χ3n) is 2.04. The Balaban J connectivity index is 1.98. The average Bonchev–Trinajstić information content (AvgIpc) is 2.54. The summed E-state index contributed by atoms with van der Waals surface area (Å²) in [5.74, 6) is 0. The van der Waals surface area contributed by atoms with Gasteiger partial charge in [0.2, 0.25) is 0 Å². The Morgan fingerprint density at radius 1 is 1.46 bits per heavy atom. The van der Waals surface area contributed by atoms with Crippen molar-refractivity contribution in [1.82, 2.24) is 10.3 Å². The zero-order valence-corrected chi connectivity index (χ0v) is 8.00. The summed E-state index contributed by atoms with van der Waals surface area (Å²) in [5.41, 5.74) is 0. The van der Waals surface area contributed by atoms with Gasteiger partial charge in [0.25, 0.3) is 0 Å². The number of β-amino-alcohol motifs (C(OH)–C–C–N with tert-alkyl or cyclic N) is 1. The zero-order valence-electron chi connectivity index (χ0n) is 7.18. The number of pyridine rings is 1. The second-order valence-corrected chi connectivity index (χ2v) is 4.31. The Labute approximate surface area is 81.6 Å². The summed E-state index contributed by atoms with van der Waals surface area (Å²) in [6.45, 7) is 1.56. The highest BCUT2D eigenvalue weighted by atomic mass is 32.2. The van der Waals surface area contributed by atoms with Crippen molar-refractivity contribution in [3.05, 3.63) is 24.4 Å². The maximum absolute atomic E-state index is 9.54. The lowest BCUT2D eigenvalue weighted by atomic mass is 10.3. The Kier molecular flexibility index (Phi) is 2.83. The molecule has 1 aliphatic rings. The molecule has 0 bridgehead atoms. The van der Waals surface area contributed by atoms with Crippen LogP contribution in [-0.2, 0) is 0 Å². The molecule has 13 heavy (non-hydrogen) atoms. The van der Waals surface area contributed by atoms with E-state index in [4.69, 9.17) is 0 Å². The van der Waals surface area contributed by atoms with Crippen LogP contribution in [0.25, 0.3) is 0 Å². The van der Waals surface area contributed by atoms with Crippen LogP contribution in [0, 0.1) is 0 Å². The fourth-order valence-electron chi connectivity index (χ4n) is 1.33. The van der Waals surface area contributed by atoms with E-state index in [0.29, 0.717) is 6.54 Å². The molecule has 2 unspecified atom stereocenters. The molecule has 0 aliphatic carbocycles. The van der Waals surface area contributed by atoms with Gasteiger partial charge in [-0.25, -0.2) is 4.98 Å². The van der Waals surface area contributed by atoms with E-state index in [0.717, 1.165) is 11.6 Å². The predicted molar refractivity (Wildman–Crippen MR) is 52.8 cm³/mol. The number of thioether (sulfide) groups is 1. The predicted octanol–water partition coefficient (Wildman–Crippen LogP) is 0.506. The number of hydrogen-bond acceptors (Lipinski definition) is 4. The van der Waals surface area contributed by atoms with Crippen LogP contribution in [0.4, 0.5) is 0 Å². The second-order valence-electron chi connectivity index (χ2n) is 3.05. The number of aromatic nitrogens is 1. The average molecular weight is 196 g/mol. The molecule has 0 radical (unpaired) electrons. The van der Waals surface area contributed by atoms with E-state index in [-0.39, 0.29) is 11.4 Å². The minimum Gasteiger partial charge on any atom is -0.391 e. The molecule has 1 aromatic heterocycles. The van der Waals surface area contributed by atoms with E-state index in [2.05, 4.69) is 10.3 Å². The van der Waals surface area contributed by atoms with Crippen molar-refractivity contribution in [3.63, 3.8) is 0 Å². The van der Waals surface area contributed by atoms with Gasteiger partial charge < -0.3 is 10.4 Å². The molecule has 1 aliphatic heterocycles. The first-order chi connectivity index (χ1) is 6.36. The number of nitrogens with one attached hydrogen (secondary N) is 1. The molecule has 0 amide bonds. The summed E-state index contributed by atoms with van der Waals surface area (Å²) in [6, 6.07) is 5.83. The van der Waals surface area contributed by atoms with Crippen LogP contribution in [0.15, 0.2) is 29.4 Å². The van der Waals surface area contributed by atoms with Crippen LogP contribution in [0.5, 0.6) is 0 Å². The molecule has 1 aromatic rings. The molecule has 0 saturated carbocycles. The summed E-state index contributed by atoms with van der Waals surface area (Å²) in [5, 5.41) is 13.9. The number of aliphatic hydroxyl groups excluding tert-OH is 1. The van der Waals surface area contributed by atoms with Crippen LogP contribution >= 0.6 is 11.8 Å². The standard InChI is InChI=1S/C9H12N2OS/c12-7-5-10-6-8(7)13-9-3-1-2-4-11-9/h1-4,7-8,10,12H,5-6H2. The lowest BCUT2D eigenvalue weighted by molar-refractivity contribution is 0.201. The molecule has 2 N–H and O–H groups in total. The third kappa shape index (κ3) is 2.21. The SMILES string of the molecule is OC1CNCC1Sc1ccccn1. The van der Waals surface area contributed by atoms with Gasteiger partial charge in [-0.1, -0.05) is 17.8 Å². The van der Waals surface area contributed by atoms with Crippen molar-refractivity contribution < 1.29 is 5.11 Å². The van der Waals surface area contributed by atoms with Crippen molar-refractivity contribution in [3.8, 4) is 0 Å². The number of aliphatic hydroxyl groups is 1. The van der Waals surface area contributed by atoms with E-state index in [1.807, 2.05) is 18.2 Å². The van der Waals surface area contributed by atoms with E-state index >= 15 is 0 Å². The first-order valence-electron chi connectivity index (χ1n) is 4.33. The van der Waals surface area contributed by atoms with E-state index in [1.165, 1.54) is 0 Å². The fourth-order valence-corrected chi connectivity index (χ4v) is 2.38. The monoisotopic (exact) mass is 196 g/mol. The van der Waals surface area contributed by atoms with Crippen molar-refractivity contribution in [2.75, 3.05) is 13.1 Å². The van der Waals surface area contributed by atoms with Crippen molar-refractivity contribution in [1.29, 1.82) is 0 Å². The van der Waals surface area contributed by atoms with Gasteiger partial charge in [-0.2, -0.15) is 0 Å². The van der Waals surface area contributed by atoms with Gasteiger partial charge in [0.05, 0.1) is 16.4 Å². The molecule has 1 fully saturated rings.